The Morgan fingerprint density at radius 2 is 1.34 bits per heavy atom. The molecule has 5 atom stereocenters. The second-order valence-electron chi connectivity index (χ2n) is 6.79. The van der Waals surface area contributed by atoms with Crippen molar-refractivity contribution in [2.24, 2.45) is 5.92 Å². The summed E-state index contributed by atoms with van der Waals surface area (Å²) in [5.41, 5.74) is 0. The van der Waals surface area contributed by atoms with Crippen molar-refractivity contribution in [1.82, 2.24) is 5.32 Å². The number of hydrogen-bond donors (Lipinski definition) is 1. The predicted molar refractivity (Wildman–Crippen MR) is 94.9 cm³/mol. The normalized spacial score (nSPS) is 26.2. The fraction of sp³-hybridized carbons (Fsp3) is 0.722. The molecule has 0 aromatic rings. The lowest BCUT2D eigenvalue weighted by atomic mass is 9.95. The van der Waals surface area contributed by atoms with E-state index >= 15 is 0 Å². The van der Waals surface area contributed by atoms with Gasteiger partial charge in [-0.15, -0.1) is 0 Å². The van der Waals surface area contributed by atoms with Gasteiger partial charge >= 0.3 is 23.9 Å². The van der Waals surface area contributed by atoms with Crippen molar-refractivity contribution >= 4 is 29.8 Å². The summed E-state index contributed by atoms with van der Waals surface area (Å²) in [7, 11) is 0. The number of hydrogen-bond acceptors (Lipinski definition) is 10. The second-order valence-corrected chi connectivity index (χ2v) is 6.79. The van der Waals surface area contributed by atoms with E-state index in [9.17, 15) is 24.0 Å². The maximum Gasteiger partial charge on any atom is 0.305 e. The number of ether oxygens (including phenoxy) is 5. The first-order chi connectivity index (χ1) is 13.4. The van der Waals surface area contributed by atoms with Crippen LogP contribution >= 0.6 is 0 Å². The summed E-state index contributed by atoms with van der Waals surface area (Å²) < 4.78 is 26.3. The molecule has 0 radical (unpaired) electrons. The number of esters is 4. The van der Waals surface area contributed by atoms with Crippen LogP contribution in [0.1, 0.15) is 41.5 Å². The van der Waals surface area contributed by atoms with Crippen LogP contribution in [0.25, 0.3) is 0 Å². The molecule has 11 heteroatoms. The van der Waals surface area contributed by atoms with Gasteiger partial charge in [-0.25, -0.2) is 0 Å². The van der Waals surface area contributed by atoms with Crippen molar-refractivity contribution in [3.8, 4) is 0 Å². The highest BCUT2D eigenvalue weighted by Crippen LogP contribution is 2.28. The van der Waals surface area contributed by atoms with Gasteiger partial charge in [-0.1, -0.05) is 13.8 Å². The summed E-state index contributed by atoms with van der Waals surface area (Å²) in [6.45, 7) is 7.46. The Labute approximate surface area is 168 Å². The van der Waals surface area contributed by atoms with Crippen LogP contribution in [0.15, 0.2) is 0 Å². The van der Waals surface area contributed by atoms with Crippen molar-refractivity contribution in [1.29, 1.82) is 0 Å². The summed E-state index contributed by atoms with van der Waals surface area (Å²) in [5, 5.41) is 2.60. The van der Waals surface area contributed by atoms with Crippen molar-refractivity contribution in [2.45, 2.75) is 72.2 Å². The summed E-state index contributed by atoms with van der Waals surface area (Å²) in [6, 6.07) is -1.17. The molecular weight excluding hydrogens is 390 g/mol. The highest BCUT2D eigenvalue weighted by atomic mass is 16.7. The zero-order valence-electron chi connectivity index (χ0n) is 17.3. The van der Waals surface area contributed by atoms with Crippen molar-refractivity contribution in [3.63, 3.8) is 0 Å². The average Bonchev–Trinajstić information content (AvgIpc) is 2.56. The fourth-order valence-corrected chi connectivity index (χ4v) is 2.65. The Morgan fingerprint density at radius 3 is 1.79 bits per heavy atom. The van der Waals surface area contributed by atoms with Gasteiger partial charge in [-0.3, -0.25) is 24.0 Å². The van der Waals surface area contributed by atoms with E-state index in [1.54, 1.807) is 13.8 Å². The standard InChI is InChI=1S/C18H27NO10/c1-8(2)17(24)19-14-16(27-11(5)22)15(26-10(4)21)13(7-25-9(3)20)29-18(14)28-12(6)23/h8,13-16,18H,7H2,1-6H3,(H,19,24)/t13-,14+,15+,16-,18-/m0/s1. The second kappa shape index (κ2) is 10.7. The molecule has 29 heavy (non-hydrogen) atoms. The largest absolute Gasteiger partial charge is 0.463 e. The molecule has 1 rings (SSSR count). The minimum absolute atomic E-state index is 0.367. The lowest BCUT2D eigenvalue weighted by Gasteiger charge is -2.44. The molecule has 164 valence electrons. The van der Waals surface area contributed by atoms with Gasteiger partial charge in [0.2, 0.25) is 12.2 Å². The van der Waals surface area contributed by atoms with Crippen LogP contribution in [0.3, 0.4) is 0 Å². The molecule has 0 aromatic heterocycles. The van der Waals surface area contributed by atoms with Gasteiger partial charge in [0.05, 0.1) is 0 Å². The molecule has 1 saturated heterocycles. The first kappa shape index (κ1) is 24.3. The zero-order chi connectivity index (χ0) is 22.3. The summed E-state index contributed by atoms with van der Waals surface area (Å²) in [6.07, 6.45) is -5.01. The molecule has 0 bridgehead atoms. The SMILES string of the molecule is CC(=O)OC[C@@H]1O[C@H](OC(C)=O)[C@H](NC(=O)C(C)C)[C@H](OC(C)=O)[C@@H]1OC(C)=O. The first-order valence-electron chi connectivity index (χ1n) is 9.03. The molecule has 0 unspecified atom stereocenters. The molecule has 1 aliphatic rings. The van der Waals surface area contributed by atoms with Crippen LogP contribution in [-0.2, 0) is 47.7 Å². The summed E-state index contributed by atoms with van der Waals surface area (Å²) >= 11 is 0. The lowest BCUT2D eigenvalue weighted by molar-refractivity contribution is -0.271. The maximum absolute atomic E-state index is 12.3. The zero-order valence-corrected chi connectivity index (χ0v) is 17.3. The highest BCUT2D eigenvalue weighted by Gasteiger charge is 2.52. The van der Waals surface area contributed by atoms with Gasteiger partial charge in [0.15, 0.2) is 12.2 Å². The van der Waals surface area contributed by atoms with E-state index in [1.807, 2.05) is 0 Å². The molecule has 1 N–H and O–H groups in total. The van der Waals surface area contributed by atoms with Gasteiger partial charge < -0.3 is 29.0 Å². The third-order valence-electron chi connectivity index (χ3n) is 3.82. The van der Waals surface area contributed by atoms with Crippen LogP contribution in [0.5, 0.6) is 0 Å². The molecule has 1 heterocycles. The van der Waals surface area contributed by atoms with E-state index in [-0.39, 0.29) is 6.61 Å². The number of carbonyl (C=O) groups is 5. The van der Waals surface area contributed by atoms with Crippen LogP contribution < -0.4 is 5.32 Å². The Hall–Kier alpha value is -2.69. The van der Waals surface area contributed by atoms with E-state index < -0.39 is 66.3 Å². The molecule has 0 saturated carbocycles. The van der Waals surface area contributed by atoms with Crippen LogP contribution in [0, 0.1) is 5.92 Å². The molecular formula is C18H27NO10. The molecule has 0 aromatic carbocycles. The number of rotatable bonds is 7. The van der Waals surface area contributed by atoms with Crippen LogP contribution in [0.4, 0.5) is 0 Å². The minimum Gasteiger partial charge on any atom is -0.463 e. The smallest absolute Gasteiger partial charge is 0.305 e. The Balaban J connectivity index is 3.34. The monoisotopic (exact) mass is 417 g/mol. The molecule has 11 nitrogen and oxygen atoms in total. The predicted octanol–water partition coefficient (Wildman–Crippen LogP) is -0.158. The number of nitrogens with one attached hydrogen (secondary N) is 1. The number of carbonyl (C=O) groups excluding carboxylic acids is 5. The van der Waals surface area contributed by atoms with E-state index in [1.165, 1.54) is 6.92 Å². The van der Waals surface area contributed by atoms with E-state index in [4.69, 9.17) is 23.7 Å². The van der Waals surface area contributed by atoms with Gasteiger partial charge in [-0.2, -0.15) is 0 Å². The van der Waals surface area contributed by atoms with E-state index in [0.29, 0.717) is 0 Å². The van der Waals surface area contributed by atoms with Crippen molar-refractivity contribution < 1.29 is 47.7 Å². The molecule has 1 amide bonds. The molecule has 0 spiro atoms. The maximum atomic E-state index is 12.3. The van der Waals surface area contributed by atoms with E-state index in [0.717, 1.165) is 20.8 Å². The van der Waals surface area contributed by atoms with Crippen molar-refractivity contribution in [3.05, 3.63) is 0 Å². The van der Waals surface area contributed by atoms with Gasteiger partial charge in [-0.05, 0) is 0 Å². The van der Waals surface area contributed by atoms with Gasteiger partial charge in [0.1, 0.15) is 18.8 Å². The Kier molecular flexibility index (Phi) is 9.02. The summed E-state index contributed by atoms with van der Waals surface area (Å²) in [4.78, 5) is 58.3. The molecule has 0 aliphatic carbocycles. The third kappa shape index (κ3) is 7.68. The minimum atomic E-state index is -1.38. The highest BCUT2D eigenvalue weighted by molar-refractivity contribution is 5.78. The van der Waals surface area contributed by atoms with Gasteiger partial charge in [0.25, 0.3) is 0 Å². The van der Waals surface area contributed by atoms with Gasteiger partial charge in [0, 0.05) is 33.6 Å². The summed E-state index contributed by atoms with van der Waals surface area (Å²) in [5.74, 6) is -3.69. The van der Waals surface area contributed by atoms with Crippen LogP contribution in [-0.4, -0.2) is 67.0 Å². The van der Waals surface area contributed by atoms with Crippen LogP contribution in [0.2, 0.25) is 0 Å². The van der Waals surface area contributed by atoms with E-state index in [2.05, 4.69) is 5.32 Å². The fourth-order valence-electron chi connectivity index (χ4n) is 2.65. The third-order valence-corrected chi connectivity index (χ3v) is 3.82. The Morgan fingerprint density at radius 1 is 0.828 bits per heavy atom. The lowest BCUT2D eigenvalue weighted by Crippen LogP contribution is -2.67. The van der Waals surface area contributed by atoms with Crippen molar-refractivity contribution in [2.75, 3.05) is 6.61 Å². The molecule has 1 fully saturated rings. The number of amides is 1. The Bertz CT molecular complexity index is 647. The first-order valence-corrected chi connectivity index (χ1v) is 9.03. The topological polar surface area (TPSA) is 144 Å². The molecule has 1 aliphatic heterocycles. The quantitative estimate of drug-likeness (QED) is 0.438. The average molecular weight is 417 g/mol.